The molecule has 4 nitrogen and oxygen atoms in total. The fraction of sp³-hybridized carbons (Fsp3) is 0.385. The van der Waals surface area contributed by atoms with Gasteiger partial charge in [-0.3, -0.25) is 0 Å². The van der Waals surface area contributed by atoms with E-state index in [9.17, 15) is 13.2 Å². The topological polar surface area (TPSA) is 48.2 Å². The molecule has 1 heterocycles. The van der Waals surface area contributed by atoms with Gasteiger partial charge in [0.1, 0.15) is 12.2 Å². The highest BCUT2D eigenvalue weighted by Gasteiger charge is 2.31. The van der Waals surface area contributed by atoms with E-state index in [1.54, 1.807) is 12.1 Å². The molecular weight excluding hydrogens is 309 g/mol. The largest absolute Gasteiger partial charge is 0.489 e. The van der Waals surface area contributed by atoms with Crippen LogP contribution in [0.2, 0.25) is 5.02 Å². The first kappa shape index (κ1) is 15.6. The maximum absolute atomic E-state index is 12.2. The van der Waals surface area contributed by atoms with Crippen molar-refractivity contribution in [2.24, 2.45) is 0 Å². The van der Waals surface area contributed by atoms with Gasteiger partial charge in [-0.2, -0.15) is 18.2 Å². The van der Waals surface area contributed by atoms with E-state index >= 15 is 0 Å². The summed E-state index contributed by atoms with van der Waals surface area (Å²) in [7, 11) is 0. The Kier molecular flexibility index (Phi) is 4.41. The normalized spacial score (nSPS) is 12.0. The third-order valence-corrected chi connectivity index (χ3v) is 2.67. The zero-order chi connectivity index (χ0) is 15.6. The van der Waals surface area contributed by atoms with Crippen LogP contribution in [0, 0.1) is 0 Å². The number of nitrogens with zero attached hydrogens (tertiary/aromatic N) is 2. The summed E-state index contributed by atoms with van der Waals surface area (Å²) in [6, 6.07) is 4.73. The number of aromatic nitrogens is 2. The summed E-state index contributed by atoms with van der Waals surface area (Å²) in [5.41, 5.74) is 0.452. The van der Waals surface area contributed by atoms with Crippen LogP contribution in [0.3, 0.4) is 0 Å². The number of ether oxygens (including phenoxy) is 1. The molecule has 0 fully saturated rings. The van der Waals surface area contributed by atoms with Gasteiger partial charge in [0.2, 0.25) is 11.7 Å². The van der Waals surface area contributed by atoms with Crippen molar-refractivity contribution in [2.75, 3.05) is 0 Å². The van der Waals surface area contributed by atoms with Gasteiger partial charge in [0.25, 0.3) is 0 Å². The van der Waals surface area contributed by atoms with Gasteiger partial charge in [0.05, 0.1) is 11.1 Å². The second-order valence-electron chi connectivity index (χ2n) is 4.62. The number of hydrogen-bond acceptors (Lipinski definition) is 4. The van der Waals surface area contributed by atoms with E-state index in [-0.39, 0.29) is 11.9 Å². The molecule has 0 aliphatic rings. The lowest BCUT2D eigenvalue weighted by Gasteiger charge is -2.11. The van der Waals surface area contributed by atoms with Crippen molar-refractivity contribution < 1.29 is 22.4 Å². The van der Waals surface area contributed by atoms with Gasteiger partial charge in [-0.15, -0.1) is 0 Å². The molecule has 0 spiro atoms. The molecule has 114 valence electrons. The predicted octanol–water partition coefficient (Wildman–Crippen LogP) is 4.28. The van der Waals surface area contributed by atoms with Crippen molar-refractivity contribution in [3.8, 4) is 17.1 Å². The summed E-state index contributed by atoms with van der Waals surface area (Å²) in [5, 5.41) is 3.84. The average Bonchev–Trinajstić information content (AvgIpc) is 2.77. The van der Waals surface area contributed by atoms with Crippen LogP contribution in [0.4, 0.5) is 13.2 Å². The number of halogens is 4. The average molecular weight is 321 g/mol. The van der Waals surface area contributed by atoms with Gasteiger partial charge >= 0.3 is 6.18 Å². The molecule has 0 atom stereocenters. The molecule has 0 N–H and O–H groups in total. The van der Waals surface area contributed by atoms with Crippen molar-refractivity contribution in [3.05, 3.63) is 29.1 Å². The van der Waals surface area contributed by atoms with E-state index in [0.29, 0.717) is 16.3 Å². The number of hydrogen-bond donors (Lipinski definition) is 0. The smallest absolute Gasteiger partial charge is 0.397 e. The van der Waals surface area contributed by atoms with Gasteiger partial charge in [-0.25, -0.2) is 0 Å². The second kappa shape index (κ2) is 5.93. The Morgan fingerprint density at radius 2 is 2.05 bits per heavy atom. The molecule has 21 heavy (non-hydrogen) atoms. The summed E-state index contributed by atoms with van der Waals surface area (Å²) in [6.45, 7) is 3.71. The monoisotopic (exact) mass is 320 g/mol. The third kappa shape index (κ3) is 4.35. The van der Waals surface area contributed by atoms with Crippen LogP contribution in [0.1, 0.15) is 19.7 Å². The number of rotatable bonds is 4. The van der Waals surface area contributed by atoms with Crippen molar-refractivity contribution in [2.45, 2.75) is 32.5 Å². The third-order valence-electron chi connectivity index (χ3n) is 2.37. The summed E-state index contributed by atoms with van der Waals surface area (Å²) in [6.07, 6.45) is -5.70. The highest BCUT2D eigenvalue weighted by Crippen LogP contribution is 2.30. The van der Waals surface area contributed by atoms with E-state index < -0.39 is 18.5 Å². The Balaban J connectivity index is 2.21. The van der Waals surface area contributed by atoms with Crippen LogP contribution in [0.15, 0.2) is 22.7 Å². The first-order chi connectivity index (χ1) is 9.74. The van der Waals surface area contributed by atoms with Gasteiger partial charge in [-0.05, 0) is 32.0 Å². The SMILES string of the molecule is CC(C)Oc1ccc(-c2noc(CC(F)(F)F)n2)cc1Cl. The maximum Gasteiger partial charge on any atom is 0.397 e. The standard InChI is InChI=1S/C13H12ClF3N2O2/c1-7(2)20-10-4-3-8(5-9(10)14)12-18-11(21-19-12)6-13(15,16)17/h3-5,7H,6H2,1-2H3. The minimum absolute atomic E-state index is 0.0445. The molecule has 0 aliphatic carbocycles. The molecule has 2 aromatic rings. The summed E-state index contributed by atoms with van der Waals surface area (Å²) >= 11 is 6.05. The molecule has 2 rings (SSSR count). The Bertz CT molecular complexity index is 626. The maximum atomic E-state index is 12.2. The van der Waals surface area contributed by atoms with E-state index in [1.165, 1.54) is 6.07 Å². The summed E-state index contributed by atoms with van der Waals surface area (Å²) < 4.78 is 46.7. The van der Waals surface area contributed by atoms with Gasteiger partial charge in [0.15, 0.2) is 0 Å². The van der Waals surface area contributed by atoms with Gasteiger partial charge in [-0.1, -0.05) is 16.8 Å². The van der Waals surface area contributed by atoms with Crippen LogP contribution >= 0.6 is 11.6 Å². The lowest BCUT2D eigenvalue weighted by Crippen LogP contribution is -2.11. The van der Waals surface area contributed by atoms with Crippen molar-refractivity contribution >= 4 is 11.6 Å². The fourth-order valence-corrected chi connectivity index (χ4v) is 1.83. The first-order valence-corrected chi connectivity index (χ1v) is 6.48. The van der Waals surface area contributed by atoms with Gasteiger partial charge < -0.3 is 9.26 Å². The lowest BCUT2D eigenvalue weighted by molar-refractivity contribution is -0.131. The minimum Gasteiger partial charge on any atom is -0.489 e. The van der Waals surface area contributed by atoms with Crippen molar-refractivity contribution in [1.29, 1.82) is 0 Å². The summed E-state index contributed by atoms with van der Waals surface area (Å²) in [4.78, 5) is 3.70. The minimum atomic E-state index is -4.39. The molecule has 0 unspecified atom stereocenters. The van der Waals surface area contributed by atoms with E-state index in [2.05, 4.69) is 14.7 Å². The Morgan fingerprint density at radius 1 is 1.33 bits per heavy atom. The zero-order valence-corrected chi connectivity index (χ0v) is 12.0. The van der Waals surface area contributed by atoms with Crippen LogP contribution in [0.5, 0.6) is 5.75 Å². The van der Waals surface area contributed by atoms with E-state index in [4.69, 9.17) is 16.3 Å². The highest BCUT2D eigenvalue weighted by molar-refractivity contribution is 6.32. The molecule has 1 aromatic heterocycles. The number of benzene rings is 1. The van der Waals surface area contributed by atoms with E-state index in [0.717, 1.165) is 0 Å². The molecule has 0 amide bonds. The lowest BCUT2D eigenvalue weighted by atomic mass is 10.2. The highest BCUT2D eigenvalue weighted by atomic mass is 35.5. The van der Waals surface area contributed by atoms with Gasteiger partial charge in [0, 0.05) is 5.56 Å². The number of alkyl halides is 3. The van der Waals surface area contributed by atoms with Crippen LogP contribution in [0.25, 0.3) is 11.4 Å². The first-order valence-electron chi connectivity index (χ1n) is 6.10. The molecule has 0 bridgehead atoms. The van der Waals surface area contributed by atoms with E-state index in [1.807, 2.05) is 13.8 Å². The molecule has 0 aliphatic heterocycles. The molecule has 0 saturated heterocycles. The predicted molar refractivity (Wildman–Crippen MR) is 70.3 cm³/mol. The molecule has 0 saturated carbocycles. The molecule has 0 radical (unpaired) electrons. The van der Waals surface area contributed by atoms with Crippen LogP contribution < -0.4 is 4.74 Å². The van der Waals surface area contributed by atoms with Crippen LogP contribution in [-0.2, 0) is 6.42 Å². The Labute approximate surface area is 123 Å². The Morgan fingerprint density at radius 3 is 2.62 bits per heavy atom. The van der Waals surface area contributed by atoms with Crippen LogP contribution in [-0.4, -0.2) is 22.4 Å². The molecule has 1 aromatic carbocycles. The molecular formula is C13H12ClF3N2O2. The van der Waals surface area contributed by atoms with Crippen molar-refractivity contribution in [3.63, 3.8) is 0 Å². The zero-order valence-electron chi connectivity index (χ0n) is 11.2. The van der Waals surface area contributed by atoms with Crippen molar-refractivity contribution in [1.82, 2.24) is 10.1 Å². The second-order valence-corrected chi connectivity index (χ2v) is 5.02. The Hall–Kier alpha value is -1.76. The fourth-order valence-electron chi connectivity index (χ4n) is 1.60. The summed E-state index contributed by atoms with van der Waals surface area (Å²) in [5.74, 6) is 0.0396. The molecule has 8 heteroatoms. The quantitative estimate of drug-likeness (QED) is 0.843.